The average molecular weight is 379 g/mol. The first kappa shape index (κ1) is 15.5. The van der Waals surface area contributed by atoms with E-state index in [1.54, 1.807) is 18.2 Å². The number of halogens is 3. The van der Waals surface area contributed by atoms with Crippen molar-refractivity contribution in [2.24, 2.45) is 0 Å². The first-order chi connectivity index (χ1) is 9.43. The molecule has 0 radical (unpaired) electrons. The molecule has 4 nitrogen and oxygen atoms in total. The number of nitrogens with zero attached hydrogens (tertiary/aromatic N) is 1. The van der Waals surface area contributed by atoms with Crippen LogP contribution in [0.1, 0.15) is 24.3 Å². The van der Waals surface area contributed by atoms with Crippen LogP contribution in [0, 0.1) is 10.1 Å². The van der Waals surface area contributed by atoms with E-state index in [-0.39, 0.29) is 17.3 Å². The van der Waals surface area contributed by atoms with Gasteiger partial charge in [0.25, 0.3) is 0 Å². The molecule has 0 heterocycles. The predicted octanol–water partition coefficient (Wildman–Crippen LogP) is 4.36. The molecular formula is C13H10BrCl2NO3. The average Bonchev–Trinajstić information content (AvgIpc) is 2.38. The lowest BCUT2D eigenvalue weighted by Gasteiger charge is -2.27. The molecule has 1 aromatic carbocycles. The van der Waals surface area contributed by atoms with Crippen molar-refractivity contribution in [2.75, 3.05) is 0 Å². The Labute approximate surface area is 134 Å². The standard InChI is InChI=1S/C13H10BrCl2NO3/c14-11-5-10(9-2-1-8(15)4-12(9)16)13(17(19)20)3-7(11)6-18/h1-2,4,6,10,13H,3,5H2. The molecule has 7 heteroatoms. The Morgan fingerprint density at radius 2 is 2.05 bits per heavy atom. The molecule has 0 N–H and O–H groups in total. The van der Waals surface area contributed by atoms with Gasteiger partial charge in [0, 0.05) is 31.4 Å². The SMILES string of the molecule is O=CC1=C(Br)CC(c2ccc(Cl)cc2Cl)C([N+](=O)[O-])C1. The van der Waals surface area contributed by atoms with Crippen molar-refractivity contribution >= 4 is 45.4 Å². The number of allylic oxidation sites excluding steroid dienone is 1. The molecule has 0 spiro atoms. The van der Waals surface area contributed by atoms with Crippen LogP contribution in [-0.2, 0) is 4.79 Å². The van der Waals surface area contributed by atoms with Crippen LogP contribution in [0.15, 0.2) is 28.3 Å². The molecule has 2 rings (SSSR count). The summed E-state index contributed by atoms with van der Waals surface area (Å²) in [6, 6.07) is 4.07. The molecule has 0 fully saturated rings. The van der Waals surface area contributed by atoms with Crippen LogP contribution in [0.5, 0.6) is 0 Å². The number of rotatable bonds is 3. The van der Waals surface area contributed by atoms with Gasteiger partial charge in [-0.1, -0.05) is 45.2 Å². The highest BCUT2D eigenvalue weighted by molar-refractivity contribution is 9.11. The van der Waals surface area contributed by atoms with Crippen LogP contribution >= 0.6 is 39.1 Å². The van der Waals surface area contributed by atoms with Crippen LogP contribution in [-0.4, -0.2) is 17.3 Å². The highest BCUT2D eigenvalue weighted by Crippen LogP contribution is 2.42. The summed E-state index contributed by atoms with van der Waals surface area (Å²) in [6.07, 6.45) is 1.14. The molecule has 0 aromatic heterocycles. The first-order valence-electron chi connectivity index (χ1n) is 5.85. The van der Waals surface area contributed by atoms with Gasteiger partial charge in [-0.25, -0.2) is 0 Å². The van der Waals surface area contributed by atoms with E-state index in [2.05, 4.69) is 15.9 Å². The number of hydrogen-bond donors (Lipinski definition) is 0. The minimum Gasteiger partial charge on any atom is -0.298 e. The third-order valence-corrected chi connectivity index (χ3v) is 4.81. The lowest BCUT2D eigenvalue weighted by atomic mass is 9.81. The number of aldehydes is 1. The smallest absolute Gasteiger partial charge is 0.224 e. The van der Waals surface area contributed by atoms with E-state index in [1.165, 1.54) is 0 Å². The quantitative estimate of drug-likeness (QED) is 0.446. The summed E-state index contributed by atoms with van der Waals surface area (Å²) >= 11 is 15.3. The van der Waals surface area contributed by atoms with Crippen LogP contribution in [0.4, 0.5) is 0 Å². The van der Waals surface area contributed by atoms with Crippen LogP contribution in [0.2, 0.25) is 10.0 Å². The normalized spacial score (nSPS) is 22.8. The van der Waals surface area contributed by atoms with Crippen LogP contribution in [0.3, 0.4) is 0 Å². The Morgan fingerprint density at radius 1 is 1.35 bits per heavy atom. The van der Waals surface area contributed by atoms with E-state index in [4.69, 9.17) is 23.2 Å². The second-order valence-electron chi connectivity index (χ2n) is 4.58. The van der Waals surface area contributed by atoms with Crippen molar-refractivity contribution in [1.82, 2.24) is 0 Å². The Bertz CT molecular complexity index is 603. The summed E-state index contributed by atoms with van der Waals surface area (Å²) in [5, 5.41) is 12.2. The molecule has 0 aliphatic heterocycles. The Kier molecular flexibility index (Phi) is 4.83. The van der Waals surface area contributed by atoms with Gasteiger partial charge >= 0.3 is 0 Å². The van der Waals surface area contributed by atoms with Crippen molar-refractivity contribution in [3.8, 4) is 0 Å². The van der Waals surface area contributed by atoms with Gasteiger partial charge in [-0.2, -0.15) is 0 Å². The first-order valence-corrected chi connectivity index (χ1v) is 7.40. The highest BCUT2D eigenvalue weighted by atomic mass is 79.9. The molecule has 0 amide bonds. The maximum atomic E-state index is 11.3. The number of hydrogen-bond acceptors (Lipinski definition) is 3. The number of benzene rings is 1. The lowest BCUT2D eigenvalue weighted by molar-refractivity contribution is -0.526. The fraction of sp³-hybridized carbons (Fsp3) is 0.308. The zero-order valence-corrected chi connectivity index (χ0v) is 13.3. The fourth-order valence-electron chi connectivity index (χ4n) is 2.39. The second-order valence-corrected chi connectivity index (χ2v) is 6.38. The Balaban J connectivity index is 2.45. The number of carbonyl (C=O) groups is 1. The van der Waals surface area contributed by atoms with Gasteiger partial charge in [0.2, 0.25) is 6.04 Å². The third-order valence-electron chi connectivity index (χ3n) is 3.42. The monoisotopic (exact) mass is 377 g/mol. The maximum absolute atomic E-state index is 11.3. The van der Waals surface area contributed by atoms with Gasteiger partial charge in [0.1, 0.15) is 6.29 Å². The van der Waals surface area contributed by atoms with Crippen molar-refractivity contribution in [3.63, 3.8) is 0 Å². The maximum Gasteiger partial charge on any atom is 0.224 e. The molecule has 0 saturated carbocycles. The van der Waals surface area contributed by atoms with Crippen molar-refractivity contribution < 1.29 is 9.72 Å². The topological polar surface area (TPSA) is 60.2 Å². The minimum absolute atomic E-state index is 0.0979. The molecule has 20 heavy (non-hydrogen) atoms. The number of nitro groups is 1. The molecule has 0 saturated heterocycles. The predicted molar refractivity (Wildman–Crippen MR) is 81.2 cm³/mol. The van der Waals surface area contributed by atoms with Gasteiger partial charge in [-0.15, -0.1) is 0 Å². The zero-order chi connectivity index (χ0) is 14.9. The molecule has 2 atom stereocenters. The Hall–Kier alpha value is -0.910. The van der Waals surface area contributed by atoms with E-state index in [1.807, 2.05) is 0 Å². The Morgan fingerprint density at radius 3 is 2.60 bits per heavy atom. The van der Waals surface area contributed by atoms with Crippen LogP contribution in [0.25, 0.3) is 0 Å². The molecule has 1 aliphatic carbocycles. The van der Waals surface area contributed by atoms with Gasteiger partial charge in [-0.05, 0) is 24.1 Å². The van der Waals surface area contributed by atoms with Crippen LogP contribution < -0.4 is 0 Å². The molecule has 0 bridgehead atoms. The number of carbonyl (C=O) groups excluding carboxylic acids is 1. The lowest BCUT2D eigenvalue weighted by Crippen LogP contribution is -2.31. The zero-order valence-electron chi connectivity index (χ0n) is 10.2. The van der Waals surface area contributed by atoms with Crippen molar-refractivity contribution in [3.05, 3.63) is 54.0 Å². The highest BCUT2D eigenvalue weighted by Gasteiger charge is 2.39. The van der Waals surface area contributed by atoms with Gasteiger partial charge < -0.3 is 0 Å². The summed E-state index contributed by atoms with van der Waals surface area (Å²) in [4.78, 5) is 21.9. The molecule has 1 aromatic rings. The fourth-order valence-corrected chi connectivity index (χ4v) is 3.54. The summed E-state index contributed by atoms with van der Waals surface area (Å²) in [6.45, 7) is 0. The van der Waals surface area contributed by atoms with Gasteiger partial charge in [0.15, 0.2) is 0 Å². The minimum atomic E-state index is -0.866. The van der Waals surface area contributed by atoms with Gasteiger partial charge in [-0.3, -0.25) is 14.9 Å². The van der Waals surface area contributed by atoms with Crippen molar-refractivity contribution in [1.29, 1.82) is 0 Å². The summed E-state index contributed by atoms with van der Waals surface area (Å²) in [5.41, 5.74) is 1.12. The molecule has 2 unspecified atom stereocenters. The largest absolute Gasteiger partial charge is 0.298 e. The van der Waals surface area contributed by atoms with E-state index < -0.39 is 6.04 Å². The van der Waals surface area contributed by atoms with E-state index >= 15 is 0 Å². The summed E-state index contributed by atoms with van der Waals surface area (Å²) < 4.78 is 0.696. The third kappa shape index (κ3) is 3.05. The van der Waals surface area contributed by atoms with Gasteiger partial charge in [0.05, 0.1) is 5.92 Å². The molecule has 106 valence electrons. The summed E-state index contributed by atoms with van der Waals surface area (Å²) in [5.74, 6) is -0.382. The van der Waals surface area contributed by atoms with E-state index in [0.717, 1.165) is 0 Å². The van der Waals surface area contributed by atoms with Crippen molar-refractivity contribution in [2.45, 2.75) is 24.8 Å². The second kappa shape index (κ2) is 6.24. The van der Waals surface area contributed by atoms with E-state index in [0.29, 0.717) is 38.4 Å². The molecular weight excluding hydrogens is 369 g/mol. The molecule has 1 aliphatic rings. The van der Waals surface area contributed by atoms with E-state index in [9.17, 15) is 14.9 Å². The summed E-state index contributed by atoms with van der Waals surface area (Å²) in [7, 11) is 0.